The van der Waals surface area contributed by atoms with E-state index in [1.807, 2.05) is 71.5 Å². The third-order valence-electron chi connectivity index (χ3n) is 4.85. The summed E-state index contributed by atoms with van der Waals surface area (Å²) in [6, 6.07) is 19.9. The molecule has 3 rings (SSSR count). The minimum absolute atomic E-state index is 0.0446. The summed E-state index contributed by atoms with van der Waals surface area (Å²) in [5.41, 5.74) is 3.91. The van der Waals surface area contributed by atoms with Crippen LogP contribution in [0, 0.1) is 0 Å². The van der Waals surface area contributed by atoms with Gasteiger partial charge in [-0.25, -0.2) is 4.68 Å². The second-order valence-corrected chi connectivity index (χ2v) is 6.75. The van der Waals surface area contributed by atoms with E-state index in [1.165, 1.54) is 5.56 Å². The maximum absolute atomic E-state index is 12.4. The summed E-state index contributed by atoms with van der Waals surface area (Å²) in [5.74, 6) is -0.0446. The molecule has 0 fully saturated rings. The molecular formula is C23H28N4O. The van der Waals surface area contributed by atoms with Gasteiger partial charge in [0.25, 0.3) is 5.91 Å². The zero-order valence-electron chi connectivity index (χ0n) is 16.6. The van der Waals surface area contributed by atoms with Gasteiger partial charge in [0, 0.05) is 31.3 Å². The van der Waals surface area contributed by atoms with Gasteiger partial charge in [-0.05, 0) is 49.0 Å². The van der Waals surface area contributed by atoms with Gasteiger partial charge in [0.05, 0.1) is 11.4 Å². The molecule has 0 saturated carbocycles. The topological polar surface area (TPSA) is 50.2 Å². The molecule has 28 heavy (non-hydrogen) atoms. The SMILES string of the molecule is CCN(CC)Cc1ccc(C(=O)NCCc2ccn(-c3ccccc3)n2)cc1. The molecule has 1 N–H and O–H groups in total. The summed E-state index contributed by atoms with van der Waals surface area (Å²) in [4.78, 5) is 14.7. The zero-order chi connectivity index (χ0) is 19.8. The van der Waals surface area contributed by atoms with E-state index < -0.39 is 0 Å². The molecular weight excluding hydrogens is 348 g/mol. The highest BCUT2D eigenvalue weighted by atomic mass is 16.1. The Morgan fingerprint density at radius 1 is 1.00 bits per heavy atom. The van der Waals surface area contributed by atoms with Crippen LogP contribution >= 0.6 is 0 Å². The van der Waals surface area contributed by atoms with Crippen LogP contribution in [0.25, 0.3) is 5.69 Å². The Morgan fingerprint density at radius 3 is 2.39 bits per heavy atom. The molecule has 0 bridgehead atoms. The van der Waals surface area contributed by atoms with E-state index in [1.54, 1.807) is 0 Å². The summed E-state index contributed by atoms with van der Waals surface area (Å²) < 4.78 is 1.85. The molecule has 0 saturated heterocycles. The monoisotopic (exact) mass is 376 g/mol. The first-order valence-electron chi connectivity index (χ1n) is 9.89. The van der Waals surface area contributed by atoms with Crippen molar-refractivity contribution in [1.82, 2.24) is 20.0 Å². The second-order valence-electron chi connectivity index (χ2n) is 6.75. The fourth-order valence-electron chi connectivity index (χ4n) is 3.09. The van der Waals surface area contributed by atoms with Crippen molar-refractivity contribution in [1.29, 1.82) is 0 Å². The standard InChI is InChI=1S/C23H28N4O/c1-3-26(4-2)18-19-10-12-20(13-11-19)23(28)24-16-14-21-15-17-27(25-21)22-8-6-5-7-9-22/h5-13,15,17H,3-4,14,16,18H2,1-2H3,(H,24,28). The number of para-hydroxylation sites is 1. The van der Waals surface area contributed by atoms with Crippen molar-refractivity contribution < 1.29 is 4.79 Å². The van der Waals surface area contributed by atoms with Crippen LogP contribution in [0.1, 0.15) is 35.5 Å². The predicted molar refractivity (Wildman–Crippen MR) is 113 cm³/mol. The van der Waals surface area contributed by atoms with Crippen molar-refractivity contribution in [3.8, 4) is 5.69 Å². The normalized spacial score (nSPS) is 11.0. The first-order valence-corrected chi connectivity index (χ1v) is 9.89. The zero-order valence-corrected chi connectivity index (χ0v) is 16.6. The molecule has 146 valence electrons. The summed E-state index contributed by atoms with van der Waals surface area (Å²) in [6.45, 7) is 7.85. The Balaban J connectivity index is 1.49. The van der Waals surface area contributed by atoms with Crippen molar-refractivity contribution in [2.75, 3.05) is 19.6 Å². The lowest BCUT2D eigenvalue weighted by Crippen LogP contribution is -2.26. The van der Waals surface area contributed by atoms with Crippen molar-refractivity contribution in [2.45, 2.75) is 26.8 Å². The van der Waals surface area contributed by atoms with Crippen LogP contribution in [0.15, 0.2) is 66.9 Å². The molecule has 0 radical (unpaired) electrons. The van der Waals surface area contributed by atoms with Crippen molar-refractivity contribution in [2.24, 2.45) is 0 Å². The molecule has 0 atom stereocenters. The molecule has 2 aromatic carbocycles. The maximum atomic E-state index is 12.4. The van der Waals surface area contributed by atoms with Gasteiger partial charge in [-0.3, -0.25) is 9.69 Å². The van der Waals surface area contributed by atoms with Gasteiger partial charge in [0.2, 0.25) is 0 Å². The van der Waals surface area contributed by atoms with Crippen LogP contribution in [0.2, 0.25) is 0 Å². The third kappa shape index (κ3) is 5.30. The number of carbonyl (C=O) groups excluding carboxylic acids is 1. The number of nitrogens with zero attached hydrogens (tertiary/aromatic N) is 3. The number of carbonyl (C=O) groups is 1. The molecule has 1 amide bonds. The van der Waals surface area contributed by atoms with Crippen LogP contribution < -0.4 is 5.32 Å². The average molecular weight is 377 g/mol. The molecule has 5 nitrogen and oxygen atoms in total. The number of hydrogen-bond acceptors (Lipinski definition) is 3. The maximum Gasteiger partial charge on any atom is 0.251 e. The molecule has 0 aliphatic carbocycles. The van der Waals surface area contributed by atoms with Gasteiger partial charge in [-0.1, -0.05) is 44.2 Å². The van der Waals surface area contributed by atoms with Gasteiger partial charge >= 0.3 is 0 Å². The highest BCUT2D eigenvalue weighted by Crippen LogP contribution is 2.09. The van der Waals surface area contributed by atoms with E-state index in [4.69, 9.17) is 0 Å². The Bertz CT molecular complexity index is 867. The number of benzene rings is 2. The highest BCUT2D eigenvalue weighted by Gasteiger charge is 2.07. The van der Waals surface area contributed by atoms with Gasteiger partial charge in [-0.15, -0.1) is 0 Å². The smallest absolute Gasteiger partial charge is 0.251 e. The highest BCUT2D eigenvalue weighted by molar-refractivity contribution is 5.94. The van der Waals surface area contributed by atoms with Gasteiger partial charge in [-0.2, -0.15) is 5.10 Å². The van der Waals surface area contributed by atoms with Crippen LogP contribution in [-0.4, -0.2) is 40.2 Å². The van der Waals surface area contributed by atoms with E-state index in [-0.39, 0.29) is 5.91 Å². The van der Waals surface area contributed by atoms with Crippen molar-refractivity contribution >= 4 is 5.91 Å². The molecule has 0 aliphatic rings. The van der Waals surface area contributed by atoms with Crippen LogP contribution in [0.3, 0.4) is 0 Å². The lowest BCUT2D eigenvalue weighted by Gasteiger charge is -2.18. The number of rotatable bonds is 9. The molecule has 1 heterocycles. The lowest BCUT2D eigenvalue weighted by atomic mass is 10.1. The Morgan fingerprint density at radius 2 is 1.71 bits per heavy atom. The fourth-order valence-corrected chi connectivity index (χ4v) is 3.09. The van der Waals surface area contributed by atoms with Crippen molar-refractivity contribution in [3.05, 3.63) is 83.7 Å². The third-order valence-corrected chi connectivity index (χ3v) is 4.85. The summed E-state index contributed by atoms with van der Waals surface area (Å²) in [6.07, 6.45) is 2.65. The number of amides is 1. The van der Waals surface area contributed by atoms with Crippen molar-refractivity contribution in [3.63, 3.8) is 0 Å². The minimum Gasteiger partial charge on any atom is -0.352 e. The molecule has 1 aromatic heterocycles. The van der Waals surface area contributed by atoms with E-state index in [2.05, 4.69) is 29.2 Å². The van der Waals surface area contributed by atoms with Crippen LogP contribution in [0.4, 0.5) is 0 Å². The average Bonchev–Trinajstić information content (AvgIpc) is 3.22. The summed E-state index contributed by atoms with van der Waals surface area (Å²) >= 11 is 0. The largest absolute Gasteiger partial charge is 0.352 e. The first kappa shape index (κ1) is 19.8. The van der Waals surface area contributed by atoms with E-state index in [9.17, 15) is 4.79 Å². The predicted octanol–water partition coefficient (Wildman–Crippen LogP) is 3.69. The van der Waals surface area contributed by atoms with E-state index >= 15 is 0 Å². The first-order chi connectivity index (χ1) is 13.7. The Kier molecular flexibility index (Phi) is 6.98. The van der Waals surface area contributed by atoms with Crippen LogP contribution in [-0.2, 0) is 13.0 Å². The molecule has 0 unspecified atom stereocenters. The number of nitrogens with one attached hydrogen (secondary N) is 1. The summed E-state index contributed by atoms with van der Waals surface area (Å²) in [7, 11) is 0. The lowest BCUT2D eigenvalue weighted by molar-refractivity contribution is 0.0954. The molecule has 0 spiro atoms. The van der Waals surface area contributed by atoms with Gasteiger partial charge in [0.1, 0.15) is 0 Å². The number of aromatic nitrogens is 2. The molecule has 0 aliphatic heterocycles. The Labute approximate surface area is 167 Å². The fraction of sp³-hybridized carbons (Fsp3) is 0.304. The molecule has 3 aromatic rings. The van der Waals surface area contributed by atoms with E-state index in [0.717, 1.165) is 31.0 Å². The second kappa shape index (κ2) is 9.85. The quantitative estimate of drug-likeness (QED) is 0.620. The van der Waals surface area contributed by atoms with Gasteiger partial charge < -0.3 is 5.32 Å². The molecule has 5 heteroatoms. The minimum atomic E-state index is -0.0446. The van der Waals surface area contributed by atoms with E-state index in [0.29, 0.717) is 18.5 Å². The van der Waals surface area contributed by atoms with Gasteiger partial charge in [0.15, 0.2) is 0 Å². The summed E-state index contributed by atoms with van der Waals surface area (Å²) in [5, 5.41) is 7.55. The van der Waals surface area contributed by atoms with Crippen LogP contribution in [0.5, 0.6) is 0 Å². The Hall–Kier alpha value is -2.92. The number of hydrogen-bond donors (Lipinski definition) is 1.